The summed E-state index contributed by atoms with van der Waals surface area (Å²) in [6.45, 7) is 10.9. The molecule has 1 aliphatic carbocycles. The average Bonchev–Trinajstić information content (AvgIpc) is 2.85. The van der Waals surface area contributed by atoms with Crippen LogP contribution in [0.3, 0.4) is 0 Å². The van der Waals surface area contributed by atoms with Crippen molar-refractivity contribution in [2.24, 2.45) is 11.8 Å². The Kier molecular flexibility index (Phi) is 3.87. The second-order valence-electron chi connectivity index (χ2n) is 6.46. The fourth-order valence-corrected chi connectivity index (χ4v) is 4.28. The summed E-state index contributed by atoms with van der Waals surface area (Å²) in [5.74, 6) is 1.47. The number of aromatic nitrogens is 2. The zero-order valence-electron chi connectivity index (χ0n) is 13.2. The van der Waals surface area contributed by atoms with Gasteiger partial charge >= 0.3 is 0 Å². The average molecular weight is 277 g/mol. The van der Waals surface area contributed by atoms with E-state index in [1.165, 1.54) is 42.9 Å². The second-order valence-corrected chi connectivity index (χ2v) is 6.46. The van der Waals surface area contributed by atoms with Crippen molar-refractivity contribution in [3.8, 4) is 0 Å². The number of methoxy groups -OCH3 is 1. The minimum absolute atomic E-state index is 0.506. The van der Waals surface area contributed by atoms with Crippen LogP contribution in [0.15, 0.2) is 0 Å². The van der Waals surface area contributed by atoms with Crippen molar-refractivity contribution in [2.75, 3.05) is 20.2 Å². The molecule has 0 N–H and O–H groups in total. The lowest BCUT2D eigenvalue weighted by Gasteiger charge is -2.37. The van der Waals surface area contributed by atoms with E-state index in [0.717, 1.165) is 24.9 Å². The van der Waals surface area contributed by atoms with E-state index in [1.54, 1.807) is 0 Å². The number of likely N-dealkylation sites (tertiary alicyclic amines) is 1. The van der Waals surface area contributed by atoms with Crippen LogP contribution in [0.1, 0.15) is 36.7 Å². The van der Waals surface area contributed by atoms with Crippen LogP contribution in [-0.4, -0.2) is 41.0 Å². The summed E-state index contributed by atoms with van der Waals surface area (Å²) < 4.78 is 7.83. The molecule has 1 saturated carbocycles. The molecule has 1 aromatic heterocycles. The van der Waals surface area contributed by atoms with Gasteiger partial charge in [0.05, 0.1) is 11.8 Å². The number of ether oxygens (including phenoxy) is 1. The predicted molar refractivity (Wildman–Crippen MR) is 79.7 cm³/mol. The third-order valence-corrected chi connectivity index (χ3v) is 5.31. The van der Waals surface area contributed by atoms with Crippen molar-refractivity contribution in [2.45, 2.75) is 52.8 Å². The van der Waals surface area contributed by atoms with Crippen molar-refractivity contribution in [3.63, 3.8) is 0 Å². The van der Waals surface area contributed by atoms with Gasteiger partial charge in [0.1, 0.15) is 0 Å². The Morgan fingerprint density at radius 3 is 2.35 bits per heavy atom. The van der Waals surface area contributed by atoms with Gasteiger partial charge in [-0.3, -0.25) is 9.58 Å². The first-order chi connectivity index (χ1) is 9.63. The summed E-state index contributed by atoms with van der Waals surface area (Å²) in [6, 6.07) is 0. The molecule has 0 radical (unpaired) electrons. The third kappa shape index (κ3) is 2.29. The van der Waals surface area contributed by atoms with Gasteiger partial charge in [0.2, 0.25) is 0 Å². The number of fused-ring (bicyclic) bond motifs is 2. The Bertz CT molecular complexity index is 468. The summed E-state index contributed by atoms with van der Waals surface area (Å²) >= 11 is 0. The van der Waals surface area contributed by atoms with E-state index in [-0.39, 0.29) is 0 Å². The molecule has 1 unspecified atom stereocenters. The van der Waals surface area contributed by atoms with Gasteiger partial charge < -0.3 is 4.74 Å². The van der Waals surface area contributed by atoms with Crippen LogP contribution in [-0.2, 0) is 17.8 Å². The monoisotopic (exact) mass is 277 g/mol. The molecule has 2 heterocycles. The molecule has 3 rings (SSSR count). The first-order valence-corrected chi connectivity index (χ1v) is 7.92. The number of rotatable bonds is 4. The molecule has 4 heteroatoms. The minimum Gasteiger partial charge on any atom is -0.381 e. The normalized spacial score (nSPS) is 30.1. The lowest BCUT2D eigenvalue weighted by molar-refractivity contribution is -0.0180. The van der Waals surface area contributed by atoms with Crippen LogP contribution in [0.5, 0.6) is 0 Å². The number of hydrogen-bond donors (Lipinski definition) is 0. The molecule has 0 aromatic carbocycles. The van der Waals surface area contributed by atoms with Crippen LogP contribution in [0, 0.1) is 25.7 Å². The maximum atomic E-state index is 5.70. The lowest BCUT2D eigenvalue weighted by atomic mass is 9.94. The molecule has 4 nitrogen and oxygen atoms in total. The van der Waals surface area contributed by atoms with E-state index >= 15 is 0 Å². The van der Waals surface area contributed by atoms with E-state index in [4.69, 9.17) is 4.74 Å². The van der Waals surface area contributed by atoms with Crippen molar-refractivity contribution in [3.05, 3.63) is 17.0 Å². The molecule has 0 spiro atoms. The standard InChI is InChI=1S/C16H27N3O/c1-5-19-12(3)15(11(2)17-19)10-18-8-13-6-7-14(9-18)16(13)20-4/h13-14,16H,5-10H2,1-4H3/t13-,14+,16?. The molecule has 2 bridgehead atoms. The van der Waals surface area contributed by atoms with Gasteiger partial charge in [-0.05, 0) is 45.4 Å². The number of aryl methyl sites for hydroxylation is 2. The van der Waals surface area contributed by atoms with Crippen molar-refractivity contribution in [1.82, 2.24) is 14.7 Å². The minimum atomic E-state index is 0.506. The zero-order chi connectivity index (χ0) is 14.3. The van der Waals surface area contributed by atoms with Crippen LogP contribution >= 0.6 is 0 Å². The van der Waals surface area contributed by atoms with Crippen molar-refractivity contribution < 1.29 is 4.74 Å². The first kappa shape index (κ1) is 14.1. The summed E-state index contributed by atoms with van der Waals surface area (Å²) in [4.78, 5) is 2.62. The predicted octanol–water partition coefficient (Wildman–Crippen LogP) is 2.38. The molecule has 2 aliphatic rings. The molecule has 1 aromatic rings. The highest BCUT2D eigenvalue weighted by Crippen LogP contribution is 2.39. The number of piperidine rings is 1. The SMILES string of the molecule is CCn1nc(C)c(CN2C[C@H]3CC[C@@H](C2)C3OC)c1C. The van der Waals surface area contributed by atoms with E-state index < -0.39 is 0 Å². The molecule has 112 valence electrons. The van der Waals surface area contributed by atoms with Gasteiger partial charge in [-0.25, -0.2) is 0 Å². The molecular weight excluding hydrogens is 250 g/mol. The molecule has 3 atom stereocenters. The van der Waals surface area contributed by atoms with Gasteiger partial charge in [-0.1, -0.05) is 0 Å². The second kappa shape index (κ2) is 5.49. The Morgan fingerprint density at radius 1 is 1.20 bits per heavy atom. The first-order valence-electron chi connectivity index (χ1n) is 7.92. The topological polar surface area (TPSA) is 30.3 Å². The number of hydrogen-bond acceptors (Lipinski definition) is 3. The molecule has 0 amide bonds. The molecule has 1 aliphatic heterocycles. The smallest absolute Gasteiger partial charge is 0.0652 e. The van der Waals surface area contributed by atoms with E-state index in [2.05, 4.69) is 35.5 Å². The maximum absolute atomic E-state index is 5.70. The highest BCUT2D eigenvalue weighted by molar-refractivity contribution is 5.24. The van der Waals surface area contributed by atoms with Crippen LogP contribution in [0.25, 0.3) is 0 Å². The fraction of sp³-hybridized carbons (Fsp3) is 0.812. The van der Waals surface area contributed by atoms with Gasteiger partial charge in [-0.2, -0.15) is 5.10 Å². The van der Waals surface area contributed by atoms with Gasteiger partial charge in [0.15, 0.2) is 0 Å². The van der Waals surface area contributed by atoms with Crippen LogP contribution in [0.4, 0.5) is 0 Å². The quantitative estimate of drug-likeness (QED) is 0.846. The Morgan fingerprint density at radius 2 is 1.85 bits per heavy atom. The van der Waals surface area contributed by atoms with E-state index in [9.17, 15) is 0 Å². The Labute approximate surface area is 122 Å². The Hall–Kier alpha value is -0.870. The summed E-state index contributed by atoms with van der Waals surface area (Å²) in [6.07, 6.45) is 3.18. The third-order valence-electron chi connectivity index (χ3n) is 5.31. The molecule has 1 saturated heterocycles. The van der Waals surface area contributed by atoms with Gasteiger partial charge in [0.25, 0.3) is 0 Å². The fourth-order valence-electron chi connectivity index (χ4n) is 4.28. The van der Waals surface area contributed by atoms with Crippen molar-refractivity contribution >= 4 is 0 Å². The molecule has 2 fully saturated rings. The van der Waals surface area contributed by atoms with Gasteiger partial charge in [-0.15, -0.1) is 0 Å². The highest BCUT2D eigenvalue weighted by Gasteiger charge is 2.42. The highest BCUT2D eigenvalue weighted by atomic mass is 16.5. The largest absolute Gasteiger partial charge is 0.381 e. The van der Waals surface area contributed by atoms with Crippen molar-refractivity contribution in [1.29, 1.82) is 0 Å². The summed E-state index contributed by atoms with van der Waals surface area (Å²) in [7, 11) is 1.88. The van der Waals surface area contributed by atoms with Crippen LogP contribution < -0.4 is 0 Å². The van der Waals surface area contributed by atoms with E-state index in [0.29, 0.717) is 6.10 Å². The molecular formula is C16H27N3O. The molecule has 20 heavy (non-hydrogen) atoms. The lowest BCUT2D eigenvalue weighted by Crippen LogP contribution is -2.45. The number of nitrogens with zero attached hydrogens (tertiary/aromatic N) is 3. The van der Waals surface area contributed by atoms with E-state index in [1.807, 2.05) is 7.11 Å². The maximum Gasteiger partial charge on any atom is 0.0652 e. The zero-order valence-corrected chi connectivity index (χ0v) is 13.2. The van der Waals surface area contributed by atoms with Gasteiger partial charge in [0, 0.05) is 44.5 Å². The summed E-state index contributed by atoms with van der Waals surface area (Å²) in [5.41, 5.74) is 3.97. The summed E-state index contributed by atoms with van der Waals surface area (Å²) in [5, 5.41) is 4.64. The Balaban J connectivity index is 1.72. The van der Waals surface area contributed by atoms with Crippen LogP contribution in [0.2, 0.25) is 0 Å².